The number of nitrogens with zero attached hydrogens (tertiary/aromatic N) is 6. The number of carbonyl (C=O) groups excluding carboxylic acids is 2. The number of nitro benzene ring substituents is 1. The van der Waals surface area contributed by atoms with Gasteiger partial charge in [-0.25, -0.2) is 0 Å². The number of hydrogen-bond donors (Lipinski definition) is 0. The maximum absolute atomic E-state index is 12.8. The van der Waals surface area contributed by atoms with Crippen LogP contribution < -0.4 is 5.01 Å². The van der Waals surface area contributed by atoms with Crippen LogP contribution in [0.2, 0.25) is 0 Å². The molecule has 1 atom stereocenters. The largest absolute Gasteiger partial charge is 0.340 e. The molecule has 4 rings (SSSR count). The van der Waals surface area contributed by atoms with Crippen molar-refractivity contribution in [3.63, 3.8) is 0 Å². The minimum Gasteiger partial charge on any atom is -0.340 e. The molecule has 2 aliphatic heterocycles. The van der Waals surface area contributed by atoms with Crippen LogP contribution in [0.3, 0.4) is 0 Å². The van der Waals surface area contributed by atoms with Crippen molar-refractivity contribution in [3.05, 3.63) is 34.4 Å². The molecule has 1 saturated carbocycles. The van der Waals surface area contributed by atoms with Gasteiger partial charge in [0, 0.05) is 57.5 Å². The lowest BCUT2D eigenvalue weighted by atomic mass is 10.0. The van der Waals surface area contributed by atoms with Crippen molar-refractivity contribution >= 4 is 35.1 Å². The summed E-state index contributed by atoms with van der Waals surface area (Å²) in [6.45, 7) is 6.38. The van der Waals surface area contributed by atoms with Crippen LogP contribution in [0.1, 0.15) is 39.0 Å². The number of non-ortho nitro benzene ring substituents is 1. The molecular formula is C24H32N6O4. The van der Waals surface area contributed by atoms with Crippen LogP contribution >= 0.6 is 0 Å². The zero-order chi connectivity index (χ0) is 24.1. The molecule has 0 spiro atoms. The van der Waals surface area contributed by atoms with Crippen molar-refractivity contribution in [1.82, 2.24) is 9.80 Å². The third kappa shape index (κ3) is 5.67. The number of nitro groups is 1. The molecule has 2 heterocycles. The SMILES string of the molecule is CC1=NN(c2ccc([N+](=O)[O-])cc2)C(=O)[C@H]1C=NCCN1CCN(C(=O)CC2CCCC2)CC1. The Morgan fingerprint density at radius 2 is 1.85 bits per heavy atom. The van der Waals surface area contributed by atoms with Crippen molar-refractivity contribution in [2.75, 3.05) is 44.3 Å². The zero-order valence-corrected chi connectivity index (χ0v) is 19.6. The van der Waals surface area contributed by atoms with Gasteiger partial charge >= 0.3 is 0 Å². The predicted octanol–water partition coefficient (Wildman–Crippen LogP) is 2.73. The smallest absolute Gasteiger partial charge is 0.269 e. The lowest BCUT2D eigenvalue weighted by Crippen LogP contribution is -2.49. The van der Waals surface area contributed by atoms with E-state index in [1.54, 1.807) is 13.1 Å². The second-order valence-electron chi connectivity index (χ2n) is 9.27. The van der Waals surface area contributed by atoms with E-state index < -0.39 is 10.8 Å². The van der Waals surface area contributed by atoms with Crippen LogP contribution in [-0.2, 0) is 9.59 Å². The Balaban J connectivity index is 1.20. The van der Waals surface area contributed by atoms with E-state index in [1.165, 1.54) is 55.0 Å². The molecule has 34 heavy (non-hydrogen) atoms. The molecule has 1 aromatic rings. The quantitative estimate of drug-likeness (QED) is 0.331. The molecule has 0 N–H and O–H groups in total. The monoisotopic (exact) mass is 468 g/mol. The molecule has 1 aromatic carbocycles. The fourth-order valence-corrected chi connectivity index (χ4v) is 4.84. The van der Waals surface area contributed by atoms with Gasteiger partial charge < -0.3 is 4.90 Å². The molecule has 10 nitrogen and oxygen atoms in total. The number of rotatable bonds is 8. The normalized spacial score (nSPS) is 22.1. The van der Waals surface area contributed by atoms with E-state index in [1.807, 2.05) is 4.90 Å². The van der Waals surface area contributed by atoms with E-state index in [4.69, 9.17) is 0 Å². The fraction of sp³-hybridized carbons (Fsp3) is 0.583. The van der Waals surface area contributed by atoms with Crippen molar-refractivity contribution in [2.45, 2.75) is 39.0 Å². The van der Waals surface area contributed by atoms with Crippen molar-refractivity contribution in [3.8, 4) is 0 Å². The number of amides is 2. The highest BCUT2D eigenvalue weighted by molar-refractivity contribution is 6.23. The van der Waals surface area contributed by atoms with Crippen LogP contribution in [0.25, 0.3) is 0 Å². The van der Waals surface area contributed by atoms with E-state index >= 15 is 0 Å². The van der Waals surface area contributed by atoms with Crippen molar-refractivity contribution in [1.29, 1.82) is 0 Å². The first-order valence-corrected chi connectivity index (χ1v) is 12.1. The van der Waals surface area contributed by atoms with Gasteiger partial charge in [-0.05, 0) is 37.8 Å². The lowest BCUT2D eigenvalue weighted by molar-refractivity contribution is -0.384. The summed E-state index contributed by atoms with van der Waals surface area (Å²) in [5, 5.41) is 16.4. The summed E-state index contributed by atoms with van der Waals surface area (Å²) in [5.74, 6) is 0.142. The third-order valence-corrected chi connectivity index (χ3v) is 6.95. The zero-order valence-electron chi connectivity index (χ0n) is 19.6. The number of hydrazone groups is 1. The van der Waals surface area contributed by atoms with Gasteiger partial charge in [-0.2, -0.15) is 10.1 Å². The number of carbonyl (C=O) groups is 2. The average molecular weight is 469 g/mol. The third-order valence-electron chi connectivity index (χ3n) is 6.95. The minimum absolute atomic E-state index is 0.0341. The van der Waals surface area contributed by atoms with Crippen LogP contribution in [-0.4, -0.2) is 77.7 Å². The molecular weight excluding hydrogens is 436 g/mol. The molecule has 3 aliphatic rings. The Morgan fingerprint density at radius 3 is 2.50 bits per heavy atom. The second kappa shape index (κ2) is 10.9. The van der Waals surface area contributed by atoms with Gasteiger partial charge in [0.15, 0.2) is 0 Å². The predicted molar refractivity (Wildman–Crippen MR) is 130 cm³/mol. The number of benzene rings is 1. The van der Waals surface area contributed by atoms with Crippen molar-refractivity contribution in [2.24, 2.45) is 21.9 Å². The van der Waals surface area contributed by atoms with Gasteiger partial charge in [0.25, 0.3) is 11.6 Å². The molecule has 2 amide bonds. The number of aliphatic imine (C=N–C) groups is 1. The molecule has 10 heteroatoms. The Hall–Kier alpha value is -3.14. The van der Waals surface area contributed by atoms with Crippen LogP contribution in [0.4, 0.5) is 11.4 Å². The summed E-state index contributed by atoms with van der Waals surface area (Å²) in [6.07, 6.45) is 7.27. The van der Waals surface area contributed by atoms with Gasteiger partial charge in [-0.1, -0.05) is 12.8 Å². The summed E-state index contributed by atoms with van der Waals surface area (Å²) >= 11 is 0. The summed E-state index contributed by atoms with van der Waals surface area (Å²) in [4.78, 5) is 44.4. The first kappa shape index (κ1) is 24.0. The van der Waals surface area contributed by atoms with E-state index in [-0.39, 0.29) is 11.6 Å². The number of anilines is 1. The van der Waals surface area contributed by atoms with Gasteiger partial charge in [0.2, 0.25) is 5.91 Å². The highest BCUT2D eigenvalue weighted by Crippen LogP contribution is 2.28. The van der Waals surface area contributed by atoms with Gasteiger partial charge in [0.05, 0.1) is 22.9 Å². The maximum Gasteiger partial charge on any atom is 0.269 e. The van der Waals surface area contributed by atoms with E-state index in [0.29, 0.717) is 36.2 Å². The van der Waals surface area contributed by atoms with Crippen LogP contribution in [0, 0.1) is 22.0 Å². The molecule has 182 valence electrons. The van der Waals surface area contributed by atoms with Gasteiger partial charge in [0.1, 0.15) is 5.92 Å². The highest BCUT2D eigenvalue weighted by Gasteiger charge is 2.33. The molecule has 1 aliphatic carbocycles. The Bertz CT molecular complexity index is 962. The second-order valence-corrected chi connectivity index (χ2v) is 9.27. The average Bonchev–Trinajstić information content (AvgIpc) is 3.45. The standard InChI is InChI=1S/C24H32N6O4/c1-18-22(24(32)29(26-18)20-6-8-21(9-7-20)30(33)34)17-25-10-11-27-12-14-28(15-13-27)23(31)16-19-4-2-3-5-19/h6-9,17,19,22H,2-5,10-16H2,1H3/t22-/m0/s1. The van der Waals surface area contributed by atoms with Gasteiger partial charge in [-0.3, -0.25) is 29.6 Å². The maximum atomic E-state index is 12.8. The van der Waals surface area contributed by atoms with E-state index in [9.17, 15) is 19.7 Å². The number of hydrogen-bond acceptors (Lipinski definition) is 7. The molecule has 0 radical (unpaired) electrons. The Kier molecular flexibility index (Phi) is 7.66. The molecule has 0 unspecified atom stereocenters. The van der Waals surface area contributed by atoms with E-state index in [2.05, 4.69) is 15.0 Å². The molecule has 0 aromatic heterocycles. The minimum atomic E-state index is -0.528. The lowest BCUT2D eigenvalue weighted by Gasteiger charge is -2.35. The summed E-state index contributed by atoms with van der Waals surface area (Å²) < 4.78 is 0. The molecule has 1 saturated heterocycles. The first-order valence-electron chi connectivity index (χ1n) is 12.1. The highest BCUT2D eigenvalue weighted by atomic mass is 16.6. The Morgan fingerprint density at radius 1 is 1.18 bits per heavy atom. The summed E-state index contributed by atoms with van der Waals surface area (Å²) in [6, 6.07) is 5.75. The number of piperazine rings is 1. The summed E-state index contributed by atoms with van der Waals surface area (Å²) in [5.41, 5.74) is 1.10. The topological polar surface area (TPSA) is 112 Å². The Labute approximate surface area is 199 Å². The molecule has 0 bridgehead atoms. The first-order chi connectivity index (χ1) is 16.4. The van der Waals surface area contributed by atoms with Crippen molar-refractivity contribution < 1.29 is 14.5 Å². The molecule has 2 fully saturated rings. The van der Waals surface area contributed by atoms with Crippen LogP contribution in [0.15, 0.2) is 34.4 Å². The van der Waals surface area contributed by atoms with E-state index in [0.717, 1.165) is 32.7 Å². The summed E-state index contributed by atoms with van der Waals surface area (Å²) in [7, 11) is 0. The van der Waals surface area contributed by atoms with Crippen LogP contribution in [0.5, 0.6) is 0 Å². The van der Waals surface area contributed by atoms with Gasteiger partial charge in [-0.15, -0.1) is 0 Å². The fourth-order valence-electron chi connectivity index (χ4n) is 4.84.